The summed E-state index contributed by atoms with van der Waals surface area (Å²) in [7, 11) is 0. The molecule has 2 aromatic rings. The van der Waals surface area contributed by atoms with Gasteiger partial charge in [0, 0.05) is 31.9 Å². The predicted molar refractivity (Wildman–Crippen MR) is 132 cm³/mol. The Morgan fingerprint density at radius 2 is 1.49 bits per heavy atom. The number of aliphatic hydroxyl groups excluding tert-OH is 1. The van der Waals surface area contributed by atoms with Crippen molar-refractivity contribution in [1.82, 2.24) is 10.6 Å². The maximum atomic E-state index is 12.2. The Morgan fingerprint density at radius 3 is 2.11 bits per heavy atom. The van der Waals surface area contributed by atoms with Crippen LogP contribution < -0.4 is 10.6 Å². The number of carboxylic acids is 1. The summed E-state index contributed by atoms with van der Waals surface area (Å²) in [6.45, 7) is 0.531. The summed E-state index contributed by atoms with van der Waals surface area (Å²) < 4.78 is 5.52. The Kier molecular flexibility index (Phi) is 10.1. The fourth-order valence-corrected chi connectivity index (χ4v) is 4.43. The van der Waals surface area contributed by atoms with Gasteiger partial charge < -0.3 is 25.6 Å². The molecule has 1 atom stereocenters. The smallest absolute Gasteiger partial charge is 0.407 e. The Labute approximate surface area is 205 Å². The van der Waals surface area contributed by atoms with Gasteiger partial charge in [0.1, 0.15) is 12.6 Å². The van der Waals surface area contributed by atoms with Crippen LogP contribution in [-0.2, 0) is 14.3 Å². The van der Waals surface area contributed by atoms with Crippen LogP contribution in [0.25, 0.3) is 11.1 Å². The molecule has 2 amide bonds. The van der Waals surface area contributed by atoms with E-state index in [1.165, 1.54) is 22.3 Å². The second kappa shape index (κ2) is 13.5. The van der Waals surface area contributed by atoms with E-state index in [0.717, 1.165) is 25.7 Å². The zero-order valence-electron chi connectivity index (χ0n) is 19.9. The topological polar surface area (TPSA) is 125 Å². The van der Waals surface area contributed by atoms with Crippen LogP contribution in [0.5, 0.6) is 0 Å². The number of aliphatic hydroxyl groups is 1. The summed E-state index contributed by atoms with van der Waals surface area (Å²) >= 11 is 0. The lowest BCUT2D eigenvalue weighted by molar-refractivity contribution is -0.142. The van der Waals surface area contributed by atoms with E-state index in [2.05, 4.69) is 34.9 Å². The van der Waals surface area contributed by atoms with Gasteiger partial charge in [0.05, 0.1) is 0 Å². The molecular weight excluding hydrogens is 448 g/mol. The third-order valence-corrected chi connectivity index (χ3v) is 6.24. The molecule has 35 heavy (non-hydrogen) atoms. The van der Waals surface area contributed by atoms with Crippen LogP contribution in [0.1, 0.15) is 62.0 Å². The van der Waals surface area contributed by atoms with Crippen LogP contribution in [0.2, 0.25) is 0 Å². The summed E-state index contributed by atoms with van der Waals surface area (Å²) in [6.07, 6.45) is 3.98. The van der Waals surface area contributed by atoms with E-state index < -0.39 is 18.1 Å². The zero-order chi connectivity index (χ0) is 25.0. The van der Waals surface area contributed by atoms with Crippen molar-refractivity contribution in [3.63, 3.8) is 0 Å². The number of unbranched alkanes of at least 4 members (excludes halogenated alkanes) is 4. The number of ether oxygens (including phenoxy) is 1. The molecule has 1 aliphatic rings. The fraction of sp³-hybridized carbons (Fsp3) is 0.444. The number of carboxylic acid groups (broad SMARTS) is 1. The van der Waals surface area contributed by atoms with Crippen LogP contribution in [-0.4, -0.2) is 54.0 Å². The molecule has 188 valence electrons. The van der Waals surface area contributed by atoms with E-state index in [-0.39, 0.29) is 31.3 Å². The van der Waals surface area contributed by atoms with Gasteiger partial charge in [-0.15, -0.1) is 0 Å². The molecular formula is C27H34N2O6. The van der Waals surface area contributed by atoms with Crippen molar-refractivity contribution < 1.29 is 29.3 Å². The average molecular weight is 483 g/mol. The number of nitrogens with one attached hydrogen (secondary N) is 2. The molecule has 0 saturated heterocycles. The van der Waals surface area contributed by atoms with Crippen molar-refractivity contribution in [2.24, 2.45) is 0 Å². The Morgan fingerprint density at radius 1 is 0.886 bits per heavy atom. The van der Waals surface area contributed by atoms with Gasteiger partial charge in [-0.2, -0.15) is 0 Å². The van der Waals surface area contributed by atoms with Gasteiger partial charge in [-0.05, 0) is 35.1 Å². The van der Waals surface area contributed by atoms with Crippen molar-refractivity contribution in [3.8, 4) is 11.1 Å². The van der Waals surface area contributed by atoms with E-state index in [1.807, 2.05) is 24.3 Å². The highest BCUT2D eigenvalue weighted by Gasteiger charge is 2.28. The number of hydrogen-bond acceptors (Lipinski definition) is 5. The van der Waals surface area contributed by atoms with Gasteiger partial charge >= 0.3 is 12.1 Å². The predicted octanol–water partition coefficient (Wildman–Crippen LogP) is 3.82. The van der Waals surface area contributed by atoms with E-state index >= 15 is 0 Å². The van der Waals surface area contributed by atoms with Crippen LogP contribution in [0.4, 0.5) is 4.79 Å². The first-order valence-electron chi connectivity index (χ1n) is 12.2. The molecule has 0 fully saturated rings. The van der Waals surface area contributed by atoms with Crippen LogP contribution in [0.15, 0.2) is 48.5 Å². The molecule has 0 spiro atoms. The minimum Gasteiger partial charge on any atom is -0.480 e. The number of amides is 2. The lowest BCUT2D eigenvalue weighted by atomic mass is 9.98. The molecule has 8 heteroatoms. The monoisotopic (exact) mass is 482 g/mol. The number of aliphatic carboxylic acids is 1. The first-order chi connectivity index (χ1) is 17.0. The molecule has 3 rings (SSSR count). The number of alkyl carbamates (subject to hydrolysis) is 1. The summed E-state index contributed by atoms with van der Waals surface area (Å²) in [5, 5.41) is 23.1. The molecule has 1 unspecified atom stereocenters. The number of carbonyl (C=O) groups excluding carboxylic acids is 2. The minimum atomic E-state index is -1.14. The van der Waals surface area contributed by atoms with Crippen molar-refractivity contribution in [2.45, 2.75) is 56.9 Å². The molecule has 0 heterocycles. The largest absolute Gasteiger partial charge is 0.480 e. The number of rotatable bonds is 14. The fourth-order valence-electron chi connectivity index (χ4n) is 4.43. The lowest BCUT2D eigenvalue weighted by Gasteiger charge is -2.14. The van der Waals surface area contributed by atoms with Crippen molar-refractivity contribution >= 4 is 18.0 Å². The number of fused-ring (bicyclic) bond motifs is 3. The standard InChI is InChI=1S/C27H34N2O6/c30-17-15-24(26(32)33)29-25(31)14-4-2-1-3-9-16-28-27(34)35-18-23-21-12-7-5-10-19(21)20-11-6-8-13-22(20)23/h5-8,10-13,23-24,30H,1-4,9,14-18H2,(H,28,34)(H,29,31)(H,32,33). The number of hydrogen-bond donors (Lipinski definition) is 4. The van der Waals surface area contributed by atoms with Gasteiger partial charge in [-0.25, -0.2) is 9.59 Å². The Balaban J connectivity index is 1.26. The van der Waals surface area contributed by atoms with Crippen LogP contribution >= 0.6 is 0 Å². The second-order valence-corrected chi connectivity index (χ2v) is 8.74. The zero-order valence-corrected chi connectivity index (χ0v) is 19.9. The summed E-state index contributed by atoms with van der Waals surface area (Å²) in [5.74, 6) is -1.42. The van der Waals surface area contributed by atoms with Gasteiger partial charge in [-0.3, -0.25) is 4.79 Å². The quantitative estimate of drug-likeness (QED) is 0.304. The van der Waals surface area contributed by atoms with Crippen molar-refractivity contribution in [2.75, 3.05) is 19.8 Å². The van der Waals surface area contributed by atoms with E-state index in [0.29, 0.717) is 19.6 Å². The third-order valence-electron chi connectivity index (χ3n) is 6.24. The molecule has 0 saturated carbocycles. The summed E-state index contributed by atoms with van der Waals surface area (Å²) in [4.78, 5) is 35.0. The van der Waals surface area contributed by atoms with Crippen molar-refractivity contribution in [3.05, 3.63) is 59.7 Å². The molecule has 2 aromatic carbocycles. The van der Waals surface area contributed by atoms with Gasteiger partial charge in [0.2, 0.25) is 5.91 Å². The van der Waals surface area contributed by atoms with Crippen LogP contribution in [0.3, 0.4) is 0 Å². The Hall–Kier alpha value is -3.39. The SMILES string of the molecule is O=C(CCCCCCCNC(=O)OCC1c2ccccc2-c2ccccc21)NC(CCO)C(=O)O. The average Bonchev–Trinajstić information content (AvgIpc) is 3.17. The summed E-state index contributed by atoms with van der Waals surface area (Å²) in [6, 6.07) is 15.4. The van der Waals surface area contributed by atoms with E-state index in [1.54, 1.807) is 0 Å². The Bertz CT molecular complexity index is 963. The maximum Gasteiger partial charge on any atom is 0.407 e. The summed E-state index contributed by atoms with van der Waals surface area (Å²) in [5.41, 5.74) is 4.76. The normalized spacial score (nSPS) is 12.9. The van der Waals surface area contributed by atoms with E-state index in [9.17, 15) is 14.4 Å². The van der Waals surface area contributed by atoms with E-state index in [4.69, 9.17) is 14.9 Å². The first-order valence-corrected chi connectivity index (χ1v) is 12.2. The van der Waals surface area contributed by atoms with Crippen molar-refractivity contribution in [1.29, 1.82) is 0 Å². The molecule has 0 bridgehead atoms. The first kappa shape index (κ1) is 26.2. The maximum absolute atomic E-state index is 12.2. The van der Waals surface area contributed by atoms with Gasteiger partial charge in [0.15, 0.2) is 0 Å². The number of carbonyl (C=O) groups is 3. The molecule has 8 nitrogen and oxygen atoms in total. The lowest BCUT2D eigenvalue weighted by Crippen LogP contribution is -2.41. The third kappa shape index (κ3) is 7.55. The van der Waals surface area contributed by atoms with Gasteiger partial charge in [-0.1, -0.05) is 67.8 Å². The second-order valence-electron chi connectivity index (χ2n) is 8.74. The molecule has 0 aliphatic heterocycles. The molecule has 1 aliphatic carbocycles. The molecule has 0 radical (unpaired) electrons. The highest BCUT2D eigenvalue weighted by Crippen LogP contribution is 2.44. The molecule has 4 N–H and O–H groups in total. The number of benzene rings is 2. The van der Waals surface area contributed by atoms with Gasteiger partial charge in [0.25, 0.3) is 0 Å². The minimum absolute atomic E-state index is 0.00223. The highest BCUT2D eigenvalue weighted by atomic mass is 16.5. The molecule has 0 aromatic heterocycles. The highest BCUT2D eigenvalue weighted by molar-refractivity contribution is 5.83. The van der Waals surface area contributed by atoms with Crippen LogP contribution in [0, 0.1) is 0 Å².